The van der Waals surface area contributed by atoms with Crippen LogP contribution in [0.1, 0.15) is 50.6 Å². The average Bonchev–Trinajstić information content (AvgIpc) is 3.06. The second kappa shape index (κ2) is 11.9. The molecule has 1 aromatic rings. The number of aliphatic imine (C=N–C) groups is 1. The third-order valence-electron chi connectivity index (χ3n) is 4.37. The third kappa shape index (κ3) is 7.48. The van der Waals surface area contributed by atoms with Crippen molar-refractivity contribution < 1.29 is 4.79 Å². The van der Waals surface area contributed by atoms with E-state index >= 15 is 0 Å². The van der Waals surface area contributed by atoms with Crippen molar-refractivity contribution in [1.29, 1.82) is 0 Å². The number of rotatable bonds is 6. The lowest BCUT2D eigenvalue weighted by atomic mass is 10.1. The molecule has 1 amide bonds. The Labute approximate surface area is 182 Å². The van der Waals surface area contributed by atoms with Gasteiger partial charge in [-0.25, -0.2) is 0 Å². The summed E-state index contributed by atoms with van der Waals surface area (Å²) in [6.07, 6.45) is 5.05. The van der Waals surface area contributed by atoms with E-state index in [0.717, 1.165) is 18.4 Å². The number of hydrogen-bond acceptors (Lipinski definition) is 2. The summed E-state index contributed by atoms with van der Waals surface area (Å²) in [5.74, 6) is 0.718. The Morgan fingerprint density at radius 3 is 2.62 bits per heavy atom. The number of carbonyl (C=O) groups excluding carboxylic acids is 1. The van der Waals surface area contributed by atoms with E-state index in [1.165, 1.54) is 12.8 Å². The van der Waals surface area contributed by atoms with E-state index in [-0.39, 0.29) is 35.9 Å². The number of hydrogen-bond donors (Lipinski definition) is 3. The summed E-state index contributed by atoms with van der Waals surface area (Å²) >= 11 is 12.2. The summed E-state index contributed by atoms with van der Waals surface area (Å²) < 4.78 is 0. The number of carbonyl (C=O) groups is 1. The lowest BCUT2D eigenvalue weighted by Gasteiger charge is -2.19. The fourth-order valence-corrected chi connectivity index (χ4v) is 3.57. The molecular weight excluding hydrogens is 486 g/mol. The maximum absolute atomic E-state index is 11.9. The SMILES string of the molecule is CN=C(NCCC(=O)NC1CCCC1)NC(C)c1ccc(Cl)cc1Cl.I. The Hall–Kier alpha value is -0.730. The monoisotopic (exact) mass is 512 g/mol. The summed E-state index contributed by atoms with van der Waals surface area (Å²) in [5.41, 5.74) is 0.938. The van der Waals surface area contributed by atoms with Crippen molar-refractivity contribution in [3.8, 4) is 0 Å². The molecule has 0 aliphatic heterocycles. The first-order chi connectivity index (χ1) is 12.0. The Balaban J connectivity index is 0.00000338. The van der Waals surface area contributed by atoms with Crippen LogP contribution in [0.5, 0.6) is 0 Å². The van der Waals surface area contributed by atoms with E-state index in [4.69, 9.17) is 23.2 Å². The molecule has 0 radical (unpaired) electrons. The van der Waals surface area contributed by atoms with E-state index in [9.17, 15) is 4.79 Å². The van der Waals surface area contributed by atoms with Gasteiger partial charge in [0.15, 0.2) is 5.96 Å². The van der Waals surface area contributed by atoms with Gasteiger partial charge in [0.1, 0.15) is 0 Å². The van der Waals surface area contributed by atoms with Crippen LogP contribution in [0.2, 0.25) is 10.0 Å². The number of benzene rings is 1. The molecule has 1 aromatic carbocycles. The molecule has 26 heavy (non-hydrogen) atoms. The smallest absolute Gasteiger partial charge is 0.221 e. The first-order valence-electron chi connectivity index (χ1n) is 8.71. The molecule has 1 unspecified atom stereocenters. The molecule has 0 spiro atoms. The molecule has 3 N–H and O–H groups in total. The minimum atomic E-state index is -0.0386. The largest absolute Gasteiger partial charge is 0.356 e. The van der Waals surface area contributed by atoms with Gasteiger partial charge in [0.25, 0.3) is 0 Å². The highest BCUT2D eigenvalue weighted by Crippen LogP contribution is 2.26. The second-order valence-electron chi connectivity index (χ2n) is 6.33. The molecule has 0 saturated heterocycles. The Morgan fingerprint density at radius 1 is 1.31 bits per heavy atom. The van der Waals surface area contributed by atoms with Crippen molar-refractivity contribution in [2.45, 2.75) is 51.1 Å². The lowest BCUT2D eigenvalue weighted by molar-refractivity contribution is -0.121. The zero-order chi connectivity index (χ0) is 18.2. The van der Waals surface area contributed by atoms with Crippen molar-refractivity contribution in [3.05, 3.63) is 33.8 Å². The minimum Gasteiger partial charge on any atom is -0.356 e. The molecule has 146 valence electrons. The van der Waals surface area contributed by atoms with Crippen LogP contribution in [0.15, 0.2) is 23.2 Å². The third-order valence-corrected chi connectivity index (χ3v) is 4.93. The number of halogens is 3. The second-order valence-corrected chi connectivity index (χ2v) is 7.17. The van der Waals surface area contributed by atoms with Gasteiger partial charge in [-0.05, 0) is 37.5 Å². The lowest BCUT2D eigenvalue weighted by Crippen LogP contribution is -2.41. The fraction of sp³-hybridized carbons (Fsp3) is 0.556. The van der Waals surface area contributed by atoms with Gasteiger partial charge in [-0.3, -0.25) is 9.79 Å². The van der Waals surface area contributed by atoms with E-state index in [1.54, 1.807) is 13.1 Å². The van der Waals surface area contributed by atoms with Crippen LogP contribution < -0.4 is 16.0 Å². The predicted octanol–water partition coefficient (Wildman–Crippen LogP) is 4.29. The van der Waals surface area contributed by atoms with E-state index in [0.29, 0.717) is 35.0 Å². The highest BCUT2D eigenvalue weighted by molar-refractivity contribution is 14.0. The molecule has 0 heterocycles. The molecule has 0 bridgehead atoms. The van der Waals surface area contributed by atoms with E-state index in [1.807, 2.05) is 19.1 Å². The van der Waals surface area contributed by atoms with Crippen molar-refractivity contribution in [3.63, 3.8) is 0 Å². The average molecular weight is 513 g/mol. The molecule has 2 rings (SSSR count). The number of nitrogens with one attached hydrogen (secondary N) is 3. The first-order valence-corrected chi connectivity index (χ1v) is 9.46. The van der Waals surface area contributed by atoms with Gasteiger partial charge in [0, 0.05) is 36.1 Å². The summed E-state index contributed by atoms with van der Waals surface area (Å²) in [6, 6.07) is 5.75. The molecule has 1 fully saturated rings. The van der Waals surface area contributed by atoms with Crippen molar-refractivity contribution >= 4 is 59.0 Å². The van der Waals surface area contributed by atoms with Crippen molar-refractivity contribution in [1.82, 2.24) is 16.0 Å². The summed E-state index contributed by atoms with van der Waals surface area (Å²) in [4.78, 5) is 16.1. The van der Waals surface area contributed by atoms with E-state index < -0.39 is 0 Å². The fourth-order valence-electron chi connectivity index (χ4n) is 2.99. The molecule has 1 atom stereocenters. The summed E-state index contributed by atoms with van der Waals surface area (Å²) in [5, 5.41) is 10.7. The Bertz CT molecular complexity index is 621. The molecule has 1 aliphatic rings. The van der Waals surface area contributed by atoms with Gasteiger partial charge in [-0.2, -0.15) is 0 Å². The van der Waals surface area contributed by atoms with Gasteiger partial charge < -0.3 is 16.0 Å². The minimum absolute atomic E-state index is 0. The zero-order valence-electron chi connectivity index (χ0n) is 15.1. The van der Waals surface area contributed by atoms with Crippen LogP contribution in [0.4, 0.5) is 0 Å². The maximum atomic E-state index is 11.9. The molecule has 1 aliphatic carbocycles. The molecule has 8 heteroatoms. The van der Waals surface area contributed by atoms with Gasteiger partial charge in [0.05, 0.1) is 6.04 Å². The van der Waals surface area contributed by atoms with Crippen LogP contribution in [0, 0.1) is 0 Å². The number of nitrogens with zero attached hydrogens (tertiary/aromatic N) is 1. The van der Waals surface area contributed by atoms with Gasteiger partial charge in [-0.15, -0.1) is 24.0 Å². The topological polar surface area (TPSA) is 65.5 Å². The summed E-state index contributed by atoms with van der Waals surface area (Å²) in [7, 11) is 1.70. The number of amides is 1. The van der Waals surface area contributed by atoms with Crippen LogP contribution >= 0.6 is 47.2 Å². The van der Waals surface area contributed by atoms with Crippen LogP contribution in [-0.2, 0) is 4.79 Å². The Morgan fingerprint density at radius 2 is 2.00 bits per heavy atom. The van der Waals surface area contributed by atoms with Crippen LogP contribution in [0.25, 0.3) is 0 Å². The van der Waals surface area contributed by atoms with E-state index in [2.05, 4.69) is 20.9 Å². The first kappa shape index (κ1) is 23.3. The number of guanidine groups is 1. The zero-order valence-corrected chi connectivity index (χ0v) is 19.0. The van der Waals surface area contributed by atoms with Gasteiger partial charge >= 0.3 is 0 Å². The molecule has 1 saturated carbocycles. The van der Waals surface area contributed by atoms with Gasteiger partial charge in [0.2, 0.25) is 5.91 Å². The Kier molecular flexibility index (Phi) is 10.6. The highest BCUT2D eigenvalue weighted by atomic mass is 127. The van der Waals surface area contributed by atoms with Crippen LogP contribution in [0.3, 0.4) is 0 Å². The van der Waals surface area contributed by atoms with Crippen molar-refractivity contribution in [2.75, 3.05) is 13.6 Å². The quantitative estimate of drug-likeness (QED) is 0.302. The van der Waals surface area contributed by atoms with Crippen LogP contribution in [-0.4, -0.2) is 31.5 Å². The highest BCUT2D eigenvalue weighted by Gasteiger charge is 2.17. The molecule has 0 aromatic heterocycles. The summed E-state index contributed by atoms with van der Waals surface area (Å²) in [6.45, 7) is 2.52. The van der Waals surface area contributed by atoms with Crippen molar-refractivity contribution in [2.24, 2.45) is 4.99 Å². The maximum Gasteiger partial charge on any atom is 0.221 e. The molecular formula is C18H27Cl2IN4O. The normalized spacial score (nSPS) is 15.9. The predicted molar refractivity (Wildman–Crippen MR) is 120 cm³/mol. The standard InChI is InChI=1S/C18H26Cl2N4O.HI/c1-12(15-8-7-13(19)11-16(15)20)23-18(21-2)22-10-9-17(25)24-14-5-3-4-6-14;/h7-8,11-12,14H,3-6,9-10H2,1-2H3,(H,24,25)(H2,21,22,23);1H. The molecule has 5 nitrogen and oxygen atoms in total. The van der Waals surface area contributed by atoms with Gasteiger partial charge in [-0.1, -0.05) is 42.1 Å².